The number of oxazole rings is 1. The van der Waals surface area contributed by atoms with Crippen molar-refractivity contribution in [3.8, 4) is 11.5 Å². The monoisotopic (exact) mass is 452 g/mol. The third-order valence-electron chi connectivity index (χ3n) is 6.03. The summed E-state index contributed by atoms with van der Waals surface area (Å²) >= 11 is 0. The average Bonchev–Trinajstić information content (AvgIpc) is 3.56. The Kier molecular flexibility index (Phi) is 5.47. The lowest BCUT2D eigenvalue weighted by atomic mass is 9.84. The number of fused-ring (bicyclic) bond motifs is 1. The van der Waals surface area contributed by atoms with E-state index in [0.29, 0.717) is 40.5 Å². The van der Waals surface area contributed by atoms with Crippen LogP contribution in [0.5, 0.6) is 0 Å². The molecule has 170 valence electrons. The molecule has 0 bridgehead atoms. The van der Waals surface area contributed by atoms with Crippen molar-refractivity contribution < 1.29 is 14.3 Å². The number of carbonyl (C=O) groups excluding carboxylic acids is 1. The molecule has 2 N–H and O–H groups in total. The average molecular weight is 453 g/mol. The van der Waals surface area contributed by atoms with Gasteiger partial charge in [0.1, 0.15) is 6.26 Å². The van der Waals surface area contributed by atoms with Crippen LogP contribution in [0, 0.1) is 0 Å². The van der Waals surface area contributed by atoms with E-state index in [2.05, 4.69) is 10.3 Å². The molecule has 0 aliphatic heterocycles. The van der Waals surface area contributed by atoms with Gasteiger partial charge >= 0.3 is 0 Å². The van der Waals surface area contributed by atoms with Crippen LogP contribution in [0.2, 0.25) is 0 Å². The Balaban J connectivity index is 1.78. The number of hydrogen-bond donors (Lipinski definition) is 2. The Bertz CT molecular complexity index is 1460. The highest BCUT2D eigenvalue weighted by Crippen LogP contribution is 2.39. The van der Waals surface area contributed by atoms with E-state index in [-0.39, 0.29) is 5.91 Å². The standard InChI is InChI=1S/C27H24N4O3/c1-3-31-23-17-18(24(32)28-2)12-13-22(23)30-26(31)27(33,20-9-5-4-6-10-20)21-11-7-8-19(16-21)25-29-14-15-34-25/h4-17,33H,3H2,1-2H3,(H,28,32). The summed E-state index contributed by atoms with van der Waals surface area (Å²) in [4.78, 5) is 21.4. The van der Waals surface area contributed by atoms with Gasteiger partial charge in [-0.05, 0) is 48.4 Å². The highest BCUT2D eigenvalue weighted by molar-refractivity contribution is 5.97. The molecule has 2 heterocycles. The number of aryl methyl sites for hydroxylation is 1. The Labute approximate surface area is 196 Å². The van der Waals surface area contributed by atoms with E-state index in [0.717, 1.165) is 11.1 Å². The molecule has 0 saturated carbocycles. The molecular formula is C27H24N4O3. The number of nitrogens with one attached hydrogen (secondary N) is 1. The zero-order valence-electron chi connectivity index (χ0n) is 18.9. The maximum atomic E-state index is 12.5. The molecule has 1 amide bonds. The normalized spacial score (nSPS) is 13.0. The fourth-order valence-electron chi connectivity index (χ4n) is 4.35. The molecular weight excluding hydrogens is 428 g/mol. The van der Waals surface area contributed by atoms with Crippen molar-refractivity contribution in [3.63, 3.8) is 0 Å². The third-order valence-corrected chi connectivity index (χ3v) is 6.03. The molecule has 2 aromatic heterocycles. The summed E-state index contributed by atoms with van der Waals surface area (Å²) in [5, 5.41) is 15.1. The number of hydrogen-bond acceptors (Lipinski definition) is 5. The first-order valence-electron chi connectivity index (χ1n) is 11.1. The molecule has 5 aromatic rings. The maximum Gasteiger partial charge on any atom is 0.251 e. The SMILES string of the molecule is CCn1c(C(O)(c2ccccc2)c2cccc(-c3ncco3)c2)nc2ccc(C(=O)NC)cc21. The Morgan fingerprint density at radius 3 is 2.56 bits per heavy atom. The second-order valence-corrected chi connectivity index (χ2v) is 7.96. The first-order valence-corrected chi connectivity index (χ1v) is 11.1. The van der Waals surface area contributed by atoms with Crippen LogP contribution in [0.15, 0.2) is 89.7 Å². The van der Waals surface area contributed by atoms with Gasteiger partial charge in [-0.1, -0.05) is 42.5 Å². The Morgan fingerprint density at radius 2 is 1.85 bits per heavy atom. The third kappa shape index (κ3) is 3.47. The molecule has 3 aromatic carbocycles. The number of nitrogens with zero attached hydrogens (tertiary/aromatic N) is 3. The van der Waals surface area contributed by atoms with Crippen LogP contribution in [0.3, 0.4) is 0 Å². The van der Waals surface area contributed by atoms with Gasteiger partial charge in [-0.15, -0.1) is 0 Å². The molecule has 5 rings (SSSR count). The minimum atomic E-state index is -1.56. The van der Waals surface area contributed by atoms with Gasteiger partial charge in [0.15, 0.2) is 11.4 Å². The Hall–Kier alpha value is -4.23. The minimum Gasteiger partial charge on any atom is -0.445 e. The summed E-state index contributed by atoms with van der Waals surface area (Å²) in [6.45, 7) is 2.55. The Morgan fingerprint density at radius 1 is 1.06 bits per heavy atom. The van der Waals surface area contributed by atoms with Crippen LogP contribution < -0.4 is 5.32 Å². The van der Waals surface area contributed by atoms with E-state index in [1.165, 1.54) is 6.26 Å². The van der Waals surface area contributed by atoms with Crippen molar-refractivity contribution in [1.82, 2.24) is 19.9 Å². The van der Waals surface area contributed by atoms with Gasteiger partial charge < -0.3 is 19.4 Å². The zero-order valence-corrected chi connectivity index (χ0v) is 18.9. The summed E-state index contributed by atoms with van der Waals surface area (Å²) < 4.78 is 7.44. The van der Waals surface area contributed by atoms with Crippen molar-refractivity contribution >= 4 is 16.9 Å². The summed E-state index contributed by atoms with van der Waals surface area (Å²) in [6, 6.07) is 22.3. The van der Waals surface area contributed by atoms with E-state index in [4.69, 9.17) is 9.40 Å². The van der Waals surface area contributed by atoms with Gasteiger partial charge in [0.25, 0.3) is 5.91 Å². The van der Waals surface area contributed by atoms with E-state index in [1.54, 1.807) is 19.3 Å². The fraction of sp³-hybridized carbons (Fsp3) is 0.148. The maximum absolute atomic E-state index is 12.5. The van der Waals surface area contributed by atoms with Crippen molar-refractivity contribution in [2.75, 3.05) is 7.05 Å². The fourth-order valence-corrected chi connectivity index (χ4v) is 4.35. The lowest BCUT2D eigenvalue weighted by molar-refractivity contribution is 0.0963. The summed E-state index contributed by atoms with van der Waals surface area (Å²) in [6.07, 6.45) is 3.11. The summed E-state index contributed by atoms with van der Waals surface area (Å²) in [5.41, 5.74) is 2.50. The predicted octanol–water partition coefficient (Wildman–Crippen LogP) is 4.36. The molecule has 1 atom stereocenters. The van der Waals surface area contributed by atoms with Crippen LogP contribution in [0.25, 0.3) is 22.5 Å². The molecule has 0 spiro atoms. The number of carbonyl (C=O) groups is 1. The van der Waals surface area contributed by atoms with Crippen molar-refractivity contribution in [1.29, 1.82) is 0 Å². The molecule has 7 nitrogen and oxygen atoms in total. The zero-order chi connectivity index (χ0) is 23.7. The number of imidazole rings is 1. The smallest absolute Gasteiger partial charge is 0.251 e. The molecule has 34 heavy (non-hydrogen) atoms. The number of rotatable bonds is 6. The van der Waals surface area contributed by atoms with Crippen LogP contribution >= 0.6 is 0 Å². The van der Waals surface area contributed by atoms with Gasteiger partial charge in [0, 0.05) is 24.7 Å². The van der Waals surface area contributed by atoms with Gasteiger partial charge in [-0.25, -0.2) is 9.97 Å². The van der Waals surface area contributed by atoms with Crippen LogP contribution in [0.1, 0.15) is 34.2 Å². The number of aliphatic hydroxyl groups is 1. The first kappa shape index (κ1) is 21.6. The quantitative estimate of drug-likeness (QED) is 0.399. The second kappa shape index (κ2) is 8.61. The van der Waals surface area contributed by atoms with E-state index >= 15 is 0 Å². The summed E-state index contributed by atoms with van der Waals surface area (Å²) in [5.74, 6) is 0.760. The minimum absolute atomic E-state index is 0.177. The molecule has 0 radical (unpaired) electrons. The van der Waals surface area contributed by atoms with Gasteiger partial charge in [0.05, 0.1) is 17.2 Å². The highest BCUT2D eigenvalue weighted by atomic mass is 16.3. The largest absolute Gasteiger partial charge is 0.445 e. The lowest BCUT2D eigenvalue weighted by Gasteiger charge is -2.29. The topological polar surface area (TPSA) is 93.2 Å². The molecule has 7 heteroatoms. The van der Waals surface area contributed by atoms with Crippen molar-refractivity contribution in [3.05, 3.63) is 108 Å². The van der Waals surface area contributed by atoms with E-state index in [9.17, 15) is 9.90 Å². The molecule has 0 aliphatic rings. The van der Waals surface area contributed by atoms with Crippen molar-refractivity contribution in [2.45, 2.75) is 19.1 Å². The highest BCUT2D eigenvalue weighted by Gasteiger charge is 2.39. The van der Waals surface area contributed by atoms with E-state index < -0.39 is 5.60 Å². The number of aromatic nitrogens is 3. The van der Waals surface area contributed by atoms with Crippen LogP contribution in [-0.4, -0.2) is 32.6 Å². The number of benzene rings is 3. The lowest BCUT2D eigenvalue weighted by Crippen LogP contribution is -2.32. The summed E-state index contributed by atoms with van der Waals surface area (Å²) in [7, 11) is 1.60. The molecule has 1 unspecified atom stereocenters. The van der Waals surface area contributed by atoms with Gasteiger partial charge in [-0.3, -0.25) is 4.79 Å². The second-order valence-electron chi connectivity index (χ2n) is 7.96. The van der Waals surface area contributed by atoms with Crippen molar-refractivity contribution in [2.24, 2.45) is 0 Å². The van der Waals surface area contributed by atoms with Gasteiger partial charge in [-0.2, -0.15) is 0 Å². The van der Waals surface area contributed by atoms with Gasteiger partial charge in [0.2, 0.25) is 5.89 Å². The van der Waals surface area contributed by atoms with Crippen LogP contribution in [0.4, 0.5) is 0 Å². The molecule has 0 fully saturated rings. The van der Waals surface area contributed by atoms with Crippen LogP contribution in [-0.2, 0) is 12.1 Å². The number of amides is 1. The van der Waals surface area contributed by atoms with E-state index in [1.807, 2.05) is 78.2 Å². The molecule has 0 saturated heterocycles. The molecule has 0 aliphatic carbocycles. The predicted molar refractivity (Wildman–Crippen MR) is 129 cm³/mol. The first-order chi connectivity index (χ1) is 16.6.